The van der Waals surface area contributed by atoms with Crippen LogP contribution in [0.25, 0.3) is 0 Å². The van der Waals surface area contributed by atoms with Gasteiger partial charge in [-0.3, -0.25) is 4.79 Å². The molecule has 1 amide bonds. The number of likely N-dealkylation sites (N-methyl/N-ethyl adjacent to an activating group) is 1. The highest BCUT2D eigenvalue weighted by molar-refractivity contribution is 7.89. The maximum absolute atomic E-state index is 13.1. The molecule has 4 rings (SSSR count). The van der Waals surface area contributed by atoms with Crippen LogP contribution in [0.4, 0.5) is 11.4 Å². The topological polar surface area (TPSA) is 73.0 Å². The van der Waals surface area contributed by atoms with Crippen molar-refractivity contribution in [1.29, 1.82) is 0 Å². The van der Waals surface area contributed by atoms with E-state index in [9.17, 15) is 13.2 Å². The normalized spacial score (nSPS) is 18.6. The Hall–Kier alpha value is -2.42. The van der Waals surface area contributed by atoms with E-state index in [4.69, 9.17) is 0 Å². The summed E-state index contributed by atoms with van der Waals surface area (Å²) in [5.74, 6) is -0.313. The zero-order chi connectivity index (χ0) is 23.3. The molecule has 0 aromatic heterocycles. The number of nitrogens with one attached hydrogen (secondary N) is 1. The van der Waals surface area contributed by atoms with Gasteiger partial charge in [-0.1, -0.05) is 25.8 Å². The summed E-state index contributed by atoms with van der Waals surface area (Å²) >= 11 is 0. The molecule has 2 aliphatic rings. The molecule has 2 aliphatic heterocycles. The Morgan fingerprint density at radius 2 is 1.55 bits per heavy atom. The fourth-order valence-corrected chi connectivity index (χ4v) is 6.07. The third kappa shape index (κ3) is 5.75. The Balaban J connectivity index is 1.41. The van der Waals surface area contributed by atoms with E-state index in [1.807, 2.05) is 24.3 Å². The number of rotatable bonds is 6. The molecule has 33 heavy (non-hydrogen) atoms. The summed E-state index contributed by atoms with van der Waals surface area (Å²) in [7, 11) is -3.59. The summed E-state index contributed by atoms with van der Waals surface area (Å²) in [4.78, 5) is 17.8. The zero-order valence-electron chi connectivity index (χ0n) is 19.4. The van der Waals surface area contributed by atoms with Crippen molar-refractivity contribution in [3.8, 4) is 0 Å². The molecule has 0 spiro atoms. The van der Waals surface area contributed by atoms with E-state index < -0.39 is 10.0 Å². The molecule has 178 valence electrons. The molecule has 2 aromatic rings. The minimum Gasteiger partial charge on any atom is -0.369 e. The van der Waals surface area contributed by atoms with Crippen molar-refractivity contribution in [2.75, 3.05) is 56.0 Å². The largest absolute Gasteiger partial charge is 0.369 e. The van der Waals surface area contributed by atoms with Crippen LogP contribution < -0.4 is 10.2 Å². The van der Waals surface area contributed by atoms with Crippen LogP contribution in [0.3, 0.4) is 0 Å². The Morgan fingerprint density at radius 1 is 0.879 bits per heavy atom. The zero-order valence-corrected chi connectivity index (χ0v) is 20.2. The number of carbonyl (C=O) groups excluding carboxylic acids is 1. The predicted octanol–water partition coefficient (Wildman–Crippen LogP) is 3.65. The molecule has 8 heteroatoms. The van der Waals surface area contributed by atoms with Gasteiger partial charge in [-0.05, 0) is 61.9 Å². The summed E-state index contributed by atoms with van der Waals surface area (Å²) < 4.78 is 27.7. The molecule has 0 saturated carbocycles. The van der Waals surface area contributed by atoms with Crippen molar-refractivity contribution in [2.45, 2.75) is 37.5 Å². The third-order valence-corrected chi connectivity index (χ3v) is 8.50. The second-order valence-electron chi connectivity index (χ2n) is 8.77. The van der Waals surface area contributed by atoms with Gasteiger partial charge in [0, 0.05) is 56.2 Å². The number of hydrogen-bond acceptors (Lipinski definition) is 5. The average molecular weight is 471 g/mol. The van der Waals surface area contributed by atoms with E-state index >= 15 is 0 Å². The second-order valence-corrected chi connectivity index (χ2v) is 10.7. The van der Waals surface area contributed by atoms with Crippen LogP contribution in [-0.2, 0) is 10.0 Å². The minimum atomic E-state index is -3.59. The number of anilines is 2. The number of hydrogen-bond donors (Lipinski definition) is 1. The monoisotopic (exact) mass is 470 g/mol. The fourth-order valence-electron chi connectivity index (χ4n) is 4.51. The molecule has 2 saturated heterocycles. The number of piperazine rings is 1. The van der Waals surface area contributed by atoms with Crippen molar-refractivity contribution >= 4 is 27.3 Å². The van der Waals surface area contributed by atoms with Gasteiger partial charge < -0.3 is 15.1 Å². The molecule has 2 aromatic carbocycles. The quantitative estimate of drug-likeness (QED) is 0.698. The maximum Gasteiger partial charge on any atom is 0.255 e. The Bertz CT molecular complexity index is 1040. The number of sulfonamides is 1. The molecule has 0 radical (unpaired) electrons. The first-order chi connectivity index (χ1) is 16.0. The van der Waals surface area contributed by atoms with Gasteiger partial charge in [0.2, 0.25) is 10.0 Å². The van der Waals surface area contributed by atoms with Gasteiger partial charge in [0.1, 0.15) is 0 Å². The summed E-state index contributed by atoms with van der Waals surface area (Å²) in [5, 5.41) is 2.90. The lowest BCUT2D eigenvalue weighted by Crippen LogP contribution is -2.46. The van der Waals surface area contributed by atoms with Gasteiger partial charge in [-0.15, -0.1) is 0 Å². The Labute approximate surface area is 197 Å². The van der Waals surface area contributed by atoms with E-state index in [0.717, 1.165) is 64.1 Å². The first kappa shape index (κ1) is 23.7. The molecule has 2 fully saturated rings. The Morgan fingerprint density at radius 3 is 2.18 bits per heavy atom. The average Bonchev–Trinajstić information content (AvgIpc) is 3.15. The molecule has 0 bridgehead atoms. The van der Waals surface area contributed by atoms with Crippen molar-refractivity contribution < 1.29 is 13.2 Å². The molecule has 1 N–H and O–H groups in total. The van der Waals surface area contributed by atoms with E-state index in [-0.39, 0.29) is 10.8 Å². The number of benzene rings is 2. The minimum absolute atomic E-state index is 0.179. The van der Waals surface area contributed by atoms with Gasteiger partial charge in [-0.25, -0.2) is 8.42 Å². The number of amides is 1. The Kier molecular flexibility index (Phi) is 7.67. The van der Waals surface area contributed by atoms with E-state index in [0.29, 0.717) is 24.3 Å². The molecule has 0 atom stereocenters. The van der Waals surface area contributed by atoms with E-state index in [1.165, 1.54) is 6.07 Å². The van der Waals surface area contributed by atoms with Crippen LogP contribution in [-0.4, -0.2) is 69.3 Å². The summed E-state index contributed by atoms with van der Waals surface area (Å²) in [6.07, 6.45) is 3.87. The molecular formula is C25H34N4O3S. The van der Waals surface area contributed by atoms with E-state index in [2.05, 4.69) is 22.0 Å². The molecule has 2 heterocycles. The first-order valence-electron chi connectivity index (χ1n) is 12.0. The highest BCUT2D eigenvalue weighted by atomic mass is 32.2. The maximum atomic E-state index is 13.1. The van der Waals surface area contributed by atoms with Crippen molar-refractivity contribution in [2.24, 2.45) is 0 Å². The third-order valence-electron chi connectivity index (χ3n) is 6.61. The predicted molar refractivity (Wildman–Crippen MR) is 132 cm³/mol. The highest BCUT2D eigenvalue weighted by Crippen LogP contribution is 2.23. The molecule has 0 aliphatic carbocycles. The van der Waals surface area contributed by atoms with Crippen LogP contribution in [0.5, 0.6) is 0 Å². The van der Waals surface area contributed by atoms with Gasteiger partial charge in [-0.2, -0.15) is 4.31 Å². The smallest absolute Gasteiger partial charge is 0.255 e. The summed E-state index contributed by atoms with van der Waals surface area (Å²) in [6.45, 7) is 8.47. The van der Waals surface area contributed by atoms with Crippen molar-refractivity contribution in [1.82, 2.24) is 9.21 Å². The summed E-state index contributed by atoms with van der Waals surface area (Å²) in [6, 6.07) is 14.2. The van der Waals surface area contributed by atoms with Gasteiger partial charge in [0.25, 0.3) is 5.91 Å². The molecule has 0 unspecified atom stereocenters. The lowest BCUT2D eigenvalue weighted by molar-refractivity contribution is 0.102. The second kappa shape index (κ2) is 10.7. The van der Waals surface area contributed by atoms with Crippen LogP contribution >= 0.6 is 0 Å². The molecule has 7 nitrogen and oxygen atoms in total. The first-order valence-corrected chi connectivity index (χ1v) is 13.4. The standard InChI is InChI=1S/C25H34N4O3S/c1-2-27-16-18-28(19-17-27)23-12-10-22(11-13-23)26-25(30)21-8-7-9-24(20-21)33(31,32)29-14-5-3-4-6-15-29/h7-13,20H,2-6,14-19H2,1H3,(H,26,30). The van der Waals surface area contributed by atoms with Crippen molar-refractivity contribution in [3.05, 3.63) is 54.1 Å². The van der Waals surface area contributed by atoms with Gasteiger partial charge in [0.05, 0.1) is 4.90 Å². The lowest BCUT2D eigenvalue weighted by Gasteiger charge is -2.35. The highest BCUT2D eigenvalue weighted by Gasteiger charge is 2.26. The molecular weight excluding hydrogens is 436 g/mol. The SMILES string of the molecule is CCN1CCN(c2ccc(NC(=O)c3cccc(S(=O)(=O)N4CCCCCC4)c3)cc2)CC1. The van der Waals surface area contributed by atoms with Crippen LogP contribution in [0, 0.1) is 0 Å². The fraction of sp³-hybridized carbons (Fsp3) is 0.480. The van der Waals surface area contributed by atoms with E-state index in [1.54, 1.807) is 22.5 Å². The van der Waals surface area contributed by atoms with Crippen LogP contribution in [0.2, 0.25) is 0 Å². The van der Waals surface area contributed by atoms with Crippen LogP contribution in [0.15, 0.2) is 53.4 Å². The summed E-state index contributed by atoms with van der Waals surface area (Å²) in [5.41, 5.74) is 2.18. The van der Waals surface area contributed by atoms with Gasteiger partial charge >= 0.3 is 0 Å². The lowest BCUT2D eigenvalue weighted by atomic mass is 10.2. The van der Waals surface area contributed by atoms with Crippen molar-refractivity contribution in [3.63, 3.8) is 0 Å². The number of nitrogens with zero attached hydrogens (tertiary/aromatic N) is 3. The van der Waals surface area contributed by atoms with Gasteiger partial charge in [0.15, 0.2) is 0 Å². The number of carbonyl (C=O) groups is 1. The van der Waals surface area contributed by atoms with Crippen LogP contribution in [0.1, 0.15) is 43.0 Å².